The Balaban J connectivity index is 1.97. The Kier molecular flexibility index (Phi) is 4.81. The molecule has 1 heterocycles. The molecule has 0 fully saturated rings. The average Bonchev–Trinajstić information content (AvgIpc) is 2.47. The monoisotopic (exact) mass is 291 g/mol. The first kappa shape index (κ1) is 14.9. The molecule has 1 amide bonds. The largest absolute Gasteiger partial charge is 0.486 e. The van der Waals surface area contributed by atoms with Crippen LogP contribution in [0.15, 0.2) is 30.4 Å². The predicted octanol–water partition coefficient (Wildman–Crippen LogP) is 1.90. The zero-order valence-electron chi connectivity index (χ0n) is 11.9. The fourth-order valence-corrected chi connectivity index (χ4v) is 1.77. The summed E-state index contributed by atoms with van der Waals surface area (Å²) >= 11 is 0. The van der Waals surface area contributed by atoms with Crippen molar-refractivity contribution in [3.63, 3.8) is 0 Å². The number of hydrogen-bond donors (Lipinski definition) is 1. The van der Waals surface area contributed by atoms with E-state index in [1.807, 2.05) is 0 Å². The van der Waals surface area contributed by atoms with Crippen LogP contribution in [-0.2, 0) is 14.3 Å². The Morgan fingerprint density at radius 3 is 2.71 bits per heavy atom. The average molecular weight is 291 g/mol. The van der Waals surface area contributed by atoms with Gasteiger partial charge in [-0.2, -0.15) is 0 Å². The number of anilines is 1. The SMILES string of the molecule is C/C=C/C(=O)O[C@@H](C)C(=O)Nc1ccc2c(c1)OCCO2. The third-order valence-corrected chi connectivity index (χ3v) is 2.77. The van der Waals surface area contributed by atoms with E-state index < -0.39 is 18.0 Å². The summed E-state index contributed by atoms with van der Waals surface area (Å²) in [6, 6.07) is 5.10. The van der Waals surface area contributed by atoms with Crippen LogP contribution in [-0.4, -0.2) is 31.2 Å². The molecule has 0 bridgehead atoms. The maximum Gasteiger partial charge on any atom is 0.331 e. The lowest BCUT2D eigenvalue weighted by molar-refractivity contribution is -0.148. The van der Waals surface area contributed by atoms with E-state index >= 15 is 0 Å². The number of ether oxygens (including phenoxy) is 3. The first-order chi connectivity index (χ1) is 10.1. The van der Waals surface area contributed by atoms with E-state index in [4.69, 9.17) is 14.2 Å². The van der Waals surface area contributed by atoms with Crippen molar-refractivity contribution in [2.75, 3.05) is 18.5 Å². The van der Waals surface area contributed by atoms with E-state index in [2.05, 4.69) is 5.32 Å². The van der Waals surface area contributed by atoms with Crippen LogP contribution in [0.5, 0.6) is 11.5 Å². The van der Waals surface area contributed by atoms with Gasteiger partial charge in [-0.05, 0) is 26.0 Å². The van der Waals surface area contributed by atoms with Crippen LogP contribution in [0.4, 0.5) is 5.69 Å². The lowest BCUT2D eigenvalue weighted by atomic mass is 10.2. The number of nitrogens with one attached hydrogen (secondary N) is 1. The molecule has 0 saturated carbocycles. The summed E-state index contributed by atoms with van der Waals surface area (Å²) < 4.78 is 15.8. The van der Waals surface area contributed by atoms with Gasteiger partial charge >= 0.3 is 5.97 Å². The van der Waals surface area contributed by atoms with Crippen molar-refractivity contribution in [2.24, 2.45) is 0 Å². The number of hydrogen-bond acceptors (Lipinski definition) is 5. The molecule has 2 rings (SSSR count). The fraction of sp³-hybridized carbons (Fsp3) is 0.333. The molecule has 0 aliphatic carbocycles. The summed E-state index contributed by atoms with van der Waals surface area (Å²) in [7, 11) is 0. The molecule has 0 spiro atoms. The summed E-state index contributed by atoms with van der Waals surface area (Å²) in [5.74, 6) is 0.260. The standard InChI is InChI=1S/C15H17NO5/c1-3-4-14(17)21-10(2)15(18)16-11-5-6-12-13(9-11)20-8-7-19-12/h3-6,9-10H,7-8H2,1-2H3,(H,16,18)/b4-3+/t10-/m0/s1. The number of amides is 1. The molecule has 0 unspecified atom stereocenters. The van der Waals surface area contributed by atoms with E-state index in [0.717, 1.165) is 0 Å². The van der Waals surface area contributed by atoms with Gasteiger partial charge in [0.1, 0.15) is 13.2 Å². The van der Waals surface area contributed by atoms with E-state index in [0.29, 0.717) is 30.4 Å². The second-order valence-electron chi connectivity index (χ2n) is 4.43. The second kappa shape index (κ2) is 6.78. The summed E-state index contributed by atoms with van der Waals surface area (Å²) in [5.41, 5.74) is 0.554. The van der Waals surface area contributed by atoms with Crippen LogP contribution in [0.1, 0.15) is 13.8 Å². The zero-order chi connectivity index (χ0) is 15.2. The summed E-state index contributed by atoms with van der Waals surface area (Å²) in [4.78, 5) is 23.2. The molecular formula is C15H17NO5. The first-order valence-electron chi connectivity index (χ1n) is 6.64. The van der Waals surface area contributed by atoms with Crippen molar-refractivity contribution < 1.29 is 23.8 Å². The first-order valence-corrected chi connectivity index (χ1v) is 6.64. The number of rotatable bonds is 4. The molecular weight excluding hydrogens is 274 g/mol. The molecule has 1 aromatic rings. The molecule has 1 N–H and O–H groups in total. The van der Waals surface area contributed by atoms with Crippen molar-refractivity contribution in [1.29, 1.82) is 0 Å². The van der Waals surface area contributed by atoms with Gasteiger partial charge in [-0.3, -0.25) is 4.79 Å². The fourth-order valence-electron chi connectivity index (χ4n) is 1.77. The van der Waals surface area contributed by atoms with Crippen molar-refractivity contribution >= 4 is 17.6 Å². The molecule has 1 atom stereocenters. The Morgan fingerprint density at radius 1 is 1.29 bits per heavy atom. The van der Waals surface area contributed by atoms with Crippen LogP contribution in [0, 0.1) is 0 Å². The van der Waals surface area contributed by atoms with E-state index in [-0.39, 0.29) is 0 Å². The number of carbonyl (C=O) groups excluding carboxylic acids is 2. The smallest absolute Gasteiger partial charge is 0.331 e. The maximum atomic E-state index is 11.9. The Morgan fingerprint density at radius 2 is 2.00 bits per heavy atom. The molecule has 112 valence electrons. The highest BCUT2D eigenvalue weighted by atomic mass is 16.6. The minimum absolute atomic E-state index is 0.412. The van der Waals surface area contributed by atoms with Crippen LogP contribution >= 0.6 is 0 Å². The van der Waals surface area contributed by atoms with Crippen LogP contribution in [0.2, 0.25) is 0 Å². The highest BCUT2D eigenvalue weighted by Gasteiger charge is 2.18. The highest BCUT2D eigenvalue weighted by Crippen LogP contribution is 2.32. The summed E-state index contributed by atoms with van der Waals surface area (Å²) in [5, 5.41) is 2.66. The normalized spacial score (nSPS) is 14.6. The molecule has 6 nitrogen and oxygen atoms in total. The van der Waals surface area contributed by atoms with Crippen molar-refractivity contribution in [1.82, 2.24) is 0 Å². The van der Waals surface area contributed by atoms with E-state index in [1.54, 1.807) is 31.2 Å². The maximum absolute atomic E-state index is 11.9. The number of allylic oxidation sites excluding steroid dienone is 1. The number of esters is 1. The van der Waals surface area contributed by atoms with Gasteiger partial charge in [0.2, 0.25) is 0 Å². The van der Waals surface area contributed by atoms with Gasteiger partial charge in [-0.1, -0.05) is 6.08 Å². The molecule has 6 heteroatoms. The van der Waals surface area contributed by atoms with Gasteiger partial charge in [0.05, 0.1) is 0 Å². The number of benzene rings is 1. The Hall–Kier alpha value is -2.50. The minimum atomic E-state index is -0.887. The zero-order valence-corrected chi connectivity index (χ0v) is 11.9. The molecule has 0 aromatic heterocycles. The minimum Gasteiger partial charge on any atom is -0.486 e. The number of fused-ring (bicyclic) bond motifs is 1. The number of carbonyl (C=O) groups is 2. The summed E-state index contributed by atoms with van der Waals surface area (Å²) in [6.45, 7) is 4.19. The van der Waals surface area contributed by atoms with Crippen LogP contribution in [0.3, 0.4) is 0 Å². The van der Waals surface area contributed by atoms with Gasteiger partial charge in [-0.15, -0.1) is 0 Å². The van der Waals surface area contributed by atoms with Gasteiger partial charge < -0.3 is 19.5 Å². The Labute approximate surface area is 122 Å². The van der Waals surface area contributed by atoms with E-state index in [1.165, 1.54) is 13.0 Å². The van der Waals surface area contributed by atoms with Gasteiger partial charge in [-0.25, -0.2) is 4.79 Å². The molecule has 0 radical (unpaired) electrons. The van der Waals surface area contributed by atoms with Crippen molar-refractivity contribution in [3.8, 4) is 11.5 Å². The highest BCUT2D eigenvalue weighted by molar-refractivity contribution is 5.96. The van der Waals surface area contributed by atoms with Gasteiger partial charge in [0.15, 0.2) is 17.6 Å². The molecule has 0 saturated heterocycles. The quantitative estimate of drug-likeness (QED) is 0.677. The third-order valence-electron chi connectivity index (χ3n) is 2.77. The van der Waals surface area contributed by atoms with Crippen LogP contribution in [0.25, 0.3) is 0 Å². The van der Waals surface area contributed by atoms with Gasteiger partial charge in [0, 0.05) is 17.8 Å². The van der Waals surface area contributed by atoms with Crippen LogP contribution < -0.4 is 14.8 Å². The topological polar surface area (TPSA) is 73.9 Å². The van der Waals surface area contributed by atoms with E-state index in [9.17, 15) is 9.59 Å². The Bertz CT molecular complexity index is 567. The third kappa shape index (κ3) is 3.98. The second-order valence-corrected chi connectivity index (χ2v) is 4.43. The summed E-state index contributed by atoms with van der Waals surface area (Å²) in [6.07, 6.45) is 1.92. The lowest BCUT2D eigenvalue weighted by Crippen LogP contribution is -2.29. The lowest BCUT2D eigenvalue weighted by Gasteiger charge is -2.19. The van der Waals surface area contributed by atoms with Crippen molar-refractivity contribution in [2.45, 2.75) is 20.0 Å². The molecule has 1 aliphatic heterocycles. The predicted molar refractivity (Wildman–Crippen MR) is 76.4 cm³/mol. The molecule has 1 aliphatic rings. The molecule has 21 heavy (non-hydrogen) atoms. The van der Waals surface area contributed by atoms with Gasteiger partial charge in [0.25, 0.3) is 5.91 Å². The molecule has 1 aromatic carbocycles. The van der Waals surface area contributed by atoms with Crippen molar-refractivity contribution in [3.05, 3.63) is 30.4 Å².